The first kappa shape index (κ1) is 8.32. The largest absolute Gasteiger partial charge is 0.259 e. The van der Waals surface area contributed by atoms with Gasteiger partial charge in [0.05, 0.1) is 12.7 Å². The standard InChI is InChI=1S/C10H8ClN2/c11-10-4-2-9(3-5-10)8-13-7-1-6-12-13/h1-6H,8H2. The molecule has 1 radical (unpaired) electrons. The summed E-state index contributed by atoms with van der Waals surface area (Å²) in [7, 11) is 0. The monoisotopic (exact) mass is 191 g/mol. The lowest BCUT2D eigenvalue weighted by Crippen LogP contribution is -1.99. The molecule has 3 heteroatoms. The van der Waals surface area contributed by atoms with Crippen molar-refractivity contribution in [3.05, 3.63) is 53.3 Å². The van der Waals surface area contributed by atoms with E-state index in [0.29, 0.717) is 0 Å². The van der Waals surface area contributed by atoms with Crippen LogP contribution in [0.2, 0.25) is 5.02 Å². The molecular weight excluding hydrogens is 184 g/mol. The lowest BCUT2D eigenvalue weighted by atomic mass is 10.2. The third kappa shape index (κ3) is 2.10. The summed E-state index contributed by atoms with van der Waals surface area (Å²) < 4.78 is 1.75. The number of halogens is 1. The Morgan fingerprint density at radius 2 is 2.08 bits per heavy atom. The molecule has 1 heterocycles. The Bertz CT molecular complexity index is 364. The van der Waals surface area contributed by atoms with E-state index in [1.807, 2.05) is 24.3 Å². The Kier molecular flexibility index (Phi) is 2.32. The third-order valence-corrected chi connectivity index (χ3v) is 2.00. The van der Waals surface area contributed by atoms with Crippen LogP contribution in [0.5, 0.6) is 0 Å². The van der Waals surface area contributed by atoms with E-state index in [0.717, 1.165) is 11.6 Å². The summed E-state index contributed by atoms with van der Waals surface area (Å²) in [5, 5.41) is 4.82. The third-order valence-electron chi connectivity index (χ3n) is 1.75. The van der Waals surface area contributed by atoms with Gasteiger partial charge in [0.2, 0.25) is 0 Å². The lowest BCUT2D eigenvalue weighted by molar-refractivity contribution is 0.682. The van der Waals surface area contributed by atoms with E-state index in [4.69, 9.17) is 11.6 Å². The summed E-state index contributed by atoms with van der Waals surface area (Å²) in [6, 6.07) is 9.51. The molecule has 0 spiro atoms. The SMILES string of the molecule is Clc1ccc(Cn2[c]ccn2)cc1. The van der Waals surface area contributed by atoms with Gasteiger partial charge >= 0.3 is 0 Å². The average molecular weight is 192 g/mol. The van der Waals surface area contributed by atoms with Crippen LogP contribution in [0.3, 0.4) is 0 Å². The van der Waals surface area contributed by atoms with Crippen molar-refractivity contribution in [3.63, 3.8) is 0 Å². The van der Waals surface area contributed by atoms with E-state index >= 15 is 0 Å². The van der Waals surface area contributed by atoms with Gasteiger partial charge in [-0.2, -0.15) is 5.10 Å². The van der Waals surface area contributed by atoms with Crippen molar-refractivity contribution >= 4 is 11.6 Å². The molecule has 13 heavy (non-hydrogen) atoms. The summed E-state index contributed by atoms with van der Waals surface area (Å²) in [5.74, 6) is 0. The second-order valence-corrected chi connectivity index (χ2v) is 3.18. The van der Waals surface area contributed by atoms with Crippen molar-refractivity contribution in [1.29, 1.82) is 0 Å². The molecule has 65 valence electrons. The fourth-order valence-corrected chi connectivity index (χ4v) is 1.24. The Morgan fingerprint density at radius 3 is 2.69 bits per heavy atom. The summed E-state index contributed by atoms with van der Waals surface area (Å²) in [4.78, 5) is 0. The predicted molar refractivity (Wildman–Crippen MR) is 51.6 cm³/mol. The zero-order chi connectivity index (χ0) is 9.10. The Balaban J connectivity index is 2.15. The van der Waals surface area contributed by atoms with Crippen molar-refractivity contribution in [2.24, 2.45) is 0 Å². The minimum Gasteiger partial charge on any atom is -0.259 e. The van der Waals surface area contributed by atoms with Crippen LogP contribution in [0.15, 0.2) is 36.5 Å². The van der Waals surface area contributed by atoms with E-state index in [-0.39, 0.29) is 0 Å². The number of rotatable bonds is 2. The molecule has 0 saturated heterocycles. The van der Waals surface area contributed by atoms with Gasteiger partial charge in [0.15, 0.2) is 0 Å². The molecule has 2 rings (SSSR count). The van der Waals surface area contributed by atoms with E-state index in [1.165, 1.54) is 5.56 Å². The molecule has 0 aliphatic carbocycles. The molecule has 0 saturated carbocycles. The van der Waals surface area contributed by atoms with Gasteiger partial charge in [-0.25, -0.2) is 0 Å². The van der Waals surface area contributed by atoms with Crippen molar-refractivity contribution < 1.29 is 0 Å². The summed E-state index contributed by atoms with van der Waals surface area (Å²) in [6.07, 6.45) is 4.69. The molecule has 2 aromatic rings. The highest BCUT2D eigenvalue weighted by molar-refractivity contribution is 6.30. The average Bonchev–Trinajstić information content (AvgIpc) is 2.62. The number of hydrogen-bond donors (Lipinski definition) is 0. The number of aromatic nitrogens is 2. The van der Waals surface area contributed by atoms with Crippen LogP contribution < -0.4 is 0 Å². The first-order valence-electron chi connectivity index (χ1n) is 3.98. The number of hydrogen-bond acceptors (Lipinski definition) is 1. The summed E-state index contributed by atoms with van der Waals surface area (Å²) in [6.45, 7) is 0.740. The van der Waals surface area contributed by atoms with E-state index in [9.17, 15) is 0 Å². The van der Waals surface area contributed by atoms with E-state index in [1.54, 1.807) is 16.9 Å². The molecule has 0 bridgehead atoms. The maximum absolute atomic E-state index is 5.76. The molecule has 0 aliphatic rings. The zero-order valence-corrected chi connectivity index (χ0v) is 7.70. The second-order valence-electron chi connectivity index (χ2n) is 2.74. The van der Waals surface area contributed by atoms with Gasteiger partial charge in [0.25, 0.3) is 0 Å². The molecule has 2 nitrogen and oxygen atoms in total. The summed E-state index contributed by atoms with van der Waals surface area (Å²) in [5.41, 5.74) is 1.17. The van der Waals surface area contributed by atoms with Crippen LogP contribution in [0.1, 0.15) is 5.56 Å². The van der Waals surface area contributed by atoms with Crippen LogP contribution in [-0.2, 0) is 6.54 Å². The van der Waals surface area contributed by atoms with Crippen LogP contribution in [0.4, 0.5) is 0 Å². The Labute approximate surface area is 81.8 Å². The van der Waals surface area contributed by atoms with Crippen LogP contribution >= 0.6 is 11.6 Å². The predicted octanol–water partition coefficient (Wildman–Crippen LogP) is 2.38. The van der Waals surface area contributed by atoms with Crippen molar-refractivity contribution in [1.82, 2.24) is 9.78 Å². The van der Waals surface area contributed by atoms with Gasteiger partial charge in [-0.1, -0.05) is 23.7 Å². The lowest BCUT2D eigenvalue weighted by Gasteiger charge is -2.00. The van der Waals surface area contributed by atoms with Crippen molar-refractivity contribution in [2.45, 2.75) is 6.54 Å². The second kappa shape index (κ2) is 3.62. The molecule has 0 aliphatic heterocycles. The van der Waals surface area contributed by atoms with Gasteiger partial charge in [-0.15, -0.1) is 0 Å². The first-order chi connectivity index (χ1) is 6.34. The zero-order valence-electron chi connectivity index (χ0n) is 6.94. The Morgan fingerprint density at radius 1 is 1.31 bits per heavy atom. The molecule has 1 aromatic heterocycles. The smallest absolute Gasteiger partial charge is 0.0867 e. The van der Waals surface area contributed by atoms with E-state index < -0.39 is 0 Å². The Hall–Kier alpha value is -1.28. The van der Waals surface area contributed by atoms with Gasteiger partial charge < -0.3 is 0 Å². The quantitative estimate of drug-likeness (QED) is 0.713. The minimum atomic E-state index is 0.740. The molecule has 0 fully saturated rings. The fraction of sp³-hybridized carbons (Fsp3) is 0.100. The molecule has 0 atom stereocenters. The normalized spacial score (nSPS) is 10.2. The first-order valence-corrected chi connectivity index (χ1v) is 4.36. The maximum atomic E-state index is 5.76. The van der Waals surface area contributed by atoms with Crippen LogP contribution in [0.25, 0.3) is 0 Å². The molecule has 0 N–H and O–H groups in total. The van der Waals surface area contributed by atoms with Gasteiger partial charge in [-0.3, -0.25) is 4.68 Å². The molecule has 1 aromatic carbocycles. The molecule has 0 unspecified atom stereocenters. The van der Waals surface area contributed by atoms with E-state index in [2.05, 4.69) is 11.3 Å². The highest BCUT2D eigenvalue weighted by Crippen LogP contribution is 2.09. The van der Waals surface area contributed by atoms with Crippen molar-refractivity contribution in [3.8, 4) is 0 Å². The molecule has 0 amide bonds. The van der Waals surface area contributed by atoms with Gasteiger partial charge in [0, 0.05) is 11.2 Å². The van der Waals surface area contributed by atoms with Gasteiger partial charge in [0.1, 0.15) is 0 Å². The fourth-order valence-electron chi connectivity index (χ4n) is 1.12. The maximum Gasteiger partial charge on any atom is 0.0867 e. The van der Waals surface area contributed by atoms with Crippen molar-refractivity contribution in [2.75, 3.05) is 0 Å². The summed E-state index contributed by atoms with van der Waals surface area (Å²) >= 11 is 5.76. The minimum absolute atomic E-state index is 0.740. The highest BCUT2D eigenvalue weighted by atomic mass is 35.5. The topological polar surface area (TPSA) is 17.8 Å². The van der Waals surface area contributed by atoms with Crippen LogP contribution in [-0.4, -0.2) is 9.78 Å². The van der Waals surface area contributed by atoms with Crippen LogP contribution in [0, 0.1) is 6.20 Å². The van der Waals surface area contributed by atoms with Gasteiger partial charge in [-0.05, 0) is 23.8 Å². The number of nitrogens with zero attached hydrogens (tertiary/aromatic N) is 2. The number of benzene rings is 1. The highest BCUT2D eigenvalue weighted by Gasteiger charge is 1.94. The molecular formula is C10H8ClN2.